The van der Waals surface area contributed by atoms with Gasteiger partial charge < -0.3 is 14.2 Å². The van der Waals surface area contributed by atoms with Crippen molar-refractivity contribution in [2.24, 2.45) is 0 Å². The number of aromatic nitrogens is 1. The van der Waals surface area contributed by atoms with Crippen LogP contribution < -0.4 is 9.64 Å². The highest BCUT2D eigenvalue weighted by atomic mass is 32.1. The molecule has 0 N–H and O–H groups in total. The van der Waals surface area contributed by atoms with Crippen LogP contribution in [0.4, 0.5) is 5.69 Å². The molecular weight excluding hydrogens is 452 g/mol. The molecule has 0 spiro atoms. The van der Waals surface area contributed by atoms with Gasteiger partial charge in [-0.25, -0.2) is 9.78 Å². The average Bonchev–Trinajstić information content (AvgIpc) is 3.32. The van der Waals surface area contributed by atoms with Crippen molar-refractivity contribution in [3.05, 3.63) is 64.5 Å². The third-order valence-corrected chi connectivity index (χ3v) is 6.38. The van der Waals surface area contributed by atoms with Crippen LogP contribution in [0.5, 0.6) is 5.75 Å². The molecular formula is C26H28N2O5S. The molecule has 8 heteroatoms. The first-order chi connectivity index (χ1) is 16.6. The van der Waals surface area contributed by atoms with E-state index in [0.29, 0.717) is 31.1 Å². The summed E-state index contributed by atoms with van der Waals surface area (Å²) in [6.07, 6.45) is 1.18. The minimum atomic E-state index is -0.740. The lowest BCUT2D eigenvalue weighted by atomic mass is 10.1. The molecule has 0 saturated heterocycles. The van der Waals surface area contributed by atoms with E-state index in [-0.39, 0.29) is 19.1 Å². The molecule has 0 aliphatic carbocycles. The maximum absolute atomic E-state index is 12.8. The number of ether oxygens (including phenoxy) is 3. The van der Waals surface area contributed by atoms with Crippen LogP contribution in [-0.4, -0.2) is 49.3 Å². The number of esters is 1. The fourth-order valence-corrected chi connectivity index (χ4v) is 4.70. The Morgan fingerprint density at radius 1 is 1.18 bits per heavy atom. The lowest BCUT2D eigenvalue weighted by Gasteiger charge is -2.34. The summed E-state index contributed by atoms with van der Waals surface area (Å²) in [5.74, 6) is -0.169. The van der Waals surface area contributed by atoms with Crippen molar-refractivity contribution in [2.75, 3.05) is 31.3 Å². The van der Waals surface area contributed by atoms with Gasteiger partial charge in [0.1, 0.15) is 18.4 Å². The smallest absolute Gasteiger partial charge is 0.329 e. The van der Waals surface area contributed by atoms with E-state index in [4.69, 9.17) is 19.2 Å². The summed E-state index contributed by atoms with van der Waals surface area (Å²) in [4.78, 5) is 31.9. The summed E-state index contributed by atoms with van der Waals surface area (Å²) in [6, 6.07) is 15.1. The third-order valence-electron chi connectivity index (χ3n) is 5.53. The Morgan fingerprint density at radius 2 is 2.00 bits per heavy atom. The molecule has 0 fully saturated rings. The van der Waals surface area contributed by atoms with E-state index in [1.807, 2.05) is 55.6 Å². The number of anilines is 1. The zero-order valence-electron chi connectivity index (χ0n) is 19.4. The molecule has 3 aromatic rings. The standard InChI is InChI=1S/C26H28N2O5S/c1-3-21(26(30)32-13-12-31-4-2)28-22-15-19(10-11-23(22)33-16-25(28)29)20-17-34-24(27-20)14-18-8-6-5-7-9-18/h5-11,15,17,21H,3-4,12-14,16H2,1-2H3. The molecule has 1 aliphatic heterocycles. The molecule has 7 nitrogen and oxygen atoms in total. The molecule has 1 unspecified atom stereocenters. The minimum Gasteiger partial charge on any atom is -0.482 e. The Morgan fingerprint density at radius 3 is 2.76 bits per heavy atom. The van der Waals surface area contributed by atoms with Crippen molar-refractivity contribution in [1.82, 2.24) is 4.98 Å². The largest absolute Gasteiger partial charge is 0.482 e. The maximum Gasteiger partial charge on any atom is 0.329 e. The SMILES string of the molecule is CCOCCOC(=O)C(CC)N1C(=O)COc2ccc(-c3csc(Cc4ccccc4)n3)cc21. The Labute approximate surface area is 203 Å². The van der Waals surface area contributed by atoms with E-state index in [2.05, 4.69) is 12.1 Å². The summed E-state index contributed by atoms with van der Waals surface area (Å²) < 4.78 is 16.3. The summed E-state index contributed by atoms with van der Waals surface area (Å²) in [6.45, 7) is 4.65. The van der Waals surface area contributed by atoms with Gasteiger partial charge in [-0.15, -0.1) is 11.3 Å². The Hall–Kier alpha value is -3.23. The van der Waals surface area contributed by atoms with Gasteiger partial charge in [0.05, 0.1) is 23.0 Å². The number of carbonyl (C=O) groups excluding carboxylic acids is 2. The first kappa shape index (κ1) is 23.9. The lowest BCUT2D eigenvalue weighted by molar-refractivity contribution is -0.148. The predicted molar refractivity (Wildman–Crippen MR) is 131 cm³/mol. The number of thiazole rings is 1. The van der Waals surface area contributed by atoms with Crippen LogP contribution >= 0.6 is 11.3 Å². The van der Waals surface area contributed by atoms with Gasteiger partial charge in [-0.1, -0.05) is 37.3 Å². The topological polar surface area (TPSA) is 78.0 Å². The summed E-state index contributed by atoms with van der Waals surface area (Å²) >= 11 is 1.60. The Bertz CT molecular complexity index is 1130. The summed E-state index contributed by atoms with van der Waals surface area (Å²) in [5, 5.41) is 3.02. The van der Waals surface area contributed by atoms with Crippen molar-refractivity contribution in [3.63, 3.8) is 0 Å². The van der Waals surface area contributed by atoms with Gasteiger partial charge in [-0.2, -0.15) is 0 Å². The summed E-state index contributed by atoms with van der Waals surface area (Å²) in [5.41, 5.74) is 3.44. The van der Waals surface area contributed by atoms with E-state index in [9.17, 15) is 9.59 Å². The zero-order valence-corrected chi connectivity index (χ0v) is 20.2. The third kappa shape index (κ3) is 5.46. The van der Waals surface area contributed by atoms with Crippen LogP contribution in [0.1, 0.15) is 30.8 Å². The molecule has 0 saturated carbocycles. The minimum absolute atomic E-state index is 0.118. The number of carbonyl (C=O) groups is 2. The van der Waals surface area contributed by atoms with Crippen LogP contribution in [0, 0.1) is 0 Å². The van der Waals surface area contributed by atoms with Gasteiger partial charge in [0.2, 0.25) is 0 Å². The fraction of sp³-hybridized carbons (Fsp3) is 0.346. The van der Waals surface area contributed by atoms with E-state index in [0.717, 1.165) is 22.7 Å². The van der Waals surface area contributed by atoms with Gasteiger partial charge in [0.25, 0.3) is 5.91 Å². The molecule has 1 aromatic heterocycles. The molecule has 4 rings (SSSR count). The van der Waals surface area contributed by atoms with Gasteiger partial charge in [0, 0.05) is 24.0 Å². The first-order valence-electron chi connectivity index (χ1n) is 11.4. The van der Waals surface area contributed by atoms with Crippen molar-refractivity contribution in [2.45, 2.75) is 32.7 Å². The van der Waals surface area contributed by atoms with E-state index >= 15 is 0 Å². The van der Waals surface area contributed by atoms with E-state index in [1.165, 1.54) is 10.5 Å². The average molecular weight is 481 g/mol. The Kier molecular flexibility index (Phi) is 7.92. The normalized spacial score (nSPS) is 13.8. The monoisotopic (exact) mass is 480 g/mol. The lowest BCUT2D eigenvalue weighted by Crippen LogP contribution is -2.50. The molecule has 1 amide bonds. The van der Waals surface area contributed by atoms with Crippen molar-refractivity contribution >= 4 is 28.9 Å². The van der Waals surface area contributed by atoms with Crippen LogP contribution in [0.2, 0.25) is 0 Å². The number of hydrogen-bond donors (Lipinski definition) is 0. The highest BCUT2D eigenvalue weighted by Crippen LogP contribution is 2.38. The van der Waals surface area contributed by atoms with Crippen LogP contribution in [0.15, 0.2) is 53.9 Å². The van der Waals surface area contributed by atoms with Crippen LogP contribution in [0.3, 0.4) is 0 Å². The van der Waals surface area contributed by atoms with Crippen molar-refractivity contribution in [3.8, 4) is 17.0 Å². The second-order valence-electron chi connectivity index (χ2n) is 7.81. The van der Waals surface area contributed by atoms with Crippen LogP contribution in [0.25, 0.3) is 11.3 Å². The molecule has 1 atom stereocenters. The van der Waals surface area contributed by atoms with Gasteiger partial charge in [-0.3, -0.25) is 9.69 Å². The highest BCUT2D eigenvalue weighted by Gasteiger charge is 2.36. The maximum atomic E-state index is 12.8. The number of fused-ring (bicyclic) bond motifs is 1. The molecule has 178 valence electrons. The second kappa shape index (κ2) is 11.3. The number of benzene rings is 2. The van der Waals surface area contributed by atoms with Gasteiger partial charge in [-0.05, 0) is 37.1 Å². The molecule has 2 heterocycles. The number of nitrogens with zero attached hydrogens (tertiary/aromatic N) is 2. The van der Waals surface area contributed by atoms with E-state index < -0.39 is 12.0 Å². The first-order valence-corrected chi connectivity index (χ1v) is 12.3. The second-order valence-corrected chi connectivity index (χ2v) is 8.75. The van der Waals surface area contributed by atoms with Gasteiger partial charge >= 0.3 is 5.97 Å². The highest BCUT2D eigenvalue weighted by molar-refractivity contribution is 7.10. The van der Waals surface area contributed by atoms with E-state index in [1.54, 1.807) is 11.3 Å². The zero-order chi connectivity index (χ0) is 23.9. The molecule has 34 heavy (non-hydrogen) atoms. The fourth-order valence-electron chi connectivity index (χ4n) is 3.86. The number of rotatable bonds is 10. The van der Waals surface area contributed by atoms with Gasteiger partial charge in [0.15, 0.2) is 6.61 Å². The van der Waals surface area contributed by atoms with Crippen LogP contribution in [-0.2, 0) is 25.5 Å². The predicted octanol–water partition coefficient (Wildman–Crippen LogP) is 4.48. The number of amides is 1. The molecule has 0 bridgehead atoms. The molecule has 2 aromatic carbocycles. The molecule has 1 aliphatic rings. The molecule has 0 radical (unpaired) electrons. The van der Waals surface area contributed by atoms with Crippen molar-refractivity contribution < 1.29 is 23.8 Å². The number of hydrogen-bond acceptors (Lipinski definition) is 7. The Balaban J connectivity index is 1.57. The quantitative estimate of drug-likeness (QED) is 0.314. The van der Waals surface area contributed by atoms with Crippen molar-refractivity contribution in [1.29, 1.82) is 0 Å². The summed E-state index contributed by atoms with van der Waals surface area (Å²) in [7, 11) is 0.